The Morgan fingerprint density at radius 3 is 2.76 bits per heavy atom. The van der Waals surface area contributed by atoms with Crippen molar-refractivity contribution in [1.82, 2.24) is 0 Å². The monoisotopic (exact) mass is 235 g/mol. The van der Waals surface area contributed by atoms with Crippen LogP contribution in [0.15, 0.2) is 18.2 Å². The average Bonchev–Trinajstić information content (AvgIpc) is 2.33. The average molecular weight is 235 g/mol. The van der Waals surface area contributed by atoms with Crippen molar-refractivity contribution in [1.29, 1.82) is 0 Å². The summed E-state index contributed by atoms with van der Waals surface area (Å²) in [6, 6.07) is 4.94. The molecule has 0 aromatic heterocycles. The first-order valence-electron chi connectivity index (χ1n) is 5.26. The Morgan fingerprint density at radius 2 is 2.24 bits per heavy atom. The third-order valence-electron chi connectivity index (χ3n) is 2.79. The predicted molar refractivity (Wildman–Crippen MR) is 61.4 cm³/mol. The van der Waals surface area contributed by atoms with Gasteiger partial charge in [-0.05, 0) is 18.2 Å². The second-order valence-corrected chi connectivity index (χ2v) is 3.94. The fourth-order valence-electron chi connectivity index (χ4n) is 1.81. The van der Waals surface area contributed by atoms with Crippen molar-refractivity contribution in [2.75, 3.05) is 25.1 Å². The molecule has 1 aromatic rings. The van der Waals surface area contributed by atoms with Gasteiger partial charge in [-0.25, -0.2) is 4.79 Å². The maximum atomic E-state index is 11.4. The second kappa shape index (κ2) is 4.55. The van der Waals surface area contributed by atoms with Crippen LogP contribution in [0.3, 0.4) is 0 Å². The van der Waals surface area contributed by atoms with E-state index in [0.29, 0.717) is 24.9 Å². The van der Waals surface area contributed by atoms with Gasteiger partial charge in [-0.1, -0.05) is 0 Å². The first-order valence-corrected chi connectivity index (χ1v) is 5.26. The van der Waals surface area contributed by atoms with Crippen LogP contribution in [0.2, 0.25) is 0 Å². The van der Waals surface area contributed by atoms with Crippen molar-refractivity contribution in [2.45, 2.75) is 6.10 Å². The summed E-state index contributed by atoms with van der Waals surface area (Å²) in [6.07, 6.45) is 0.321. The van der Waals surface area contributed by atoms with Crippen LogP contribution in [0.4, 0.5) is 5.69 Å². The lowest BCUT2D eigenvalue weighted by Crippen LogP contribution is -2.50. The molecule has 1 heterocycles. The number of carbonyl (C=O) groups excluding carboxylic acids is 2. The summed E-state index contributed by atoms with van der Waals surface area (Å²) in [5, 5.41) is 9.20. The molecule has 5 heteroatoms. The third kappa shape index (κ3) is 2.14. The van der Waals surface area contributed by atoms with Gasteiger partial charge in [0.1, 0.15) is 0 Å². The number of carbonyl (C=O) groups is 2. The van der Waals surface area contributed by atoms with Crippen molar-refractivity contribution in [3.8, 4) is 0 Å². The van der Waals surface area contributed by atoms with E-state index in [0.717, 1.165) is 5.69 Å². The molecule has 17 heavy (non-hydrogen) atoms. The summed E-state index contributed by atoms with van der Waals surface area (Å²) in [4.78, 5) is 24.2. The Balaban J connectivity index is 2.28. The lowest BCUT2D eigenvalue weighted by atomic mass is 10.0. The maximum Gasteiger partial charge on any atom is 0.338 e. The molecule has 0 radical (unpaired) electrons. The molecule has 1 aliphatic heterocycles. The van der Waals surface area contributed by atoms with Crippen LogP contribution >= 0.6 is 0 Å². The zero-order chi connectivity index (χ0) is 12.4. The molecule has 1 N–H and O–H groups in total. The number of ether oxygens (including phenoxy) is 1. The number of benzene rings is 1. The fourth-order valence-corrected chi connectivity index (χ4v) is 1.81. The van der Waals surface area contributed by atoms with Crippen LogP contribution in [0, 0.1) is 0 Å². The standard InChI is InChI=1S/C12H13NO4/c1-17-12(16)11-3-2-9(4-8(11)7-14)13-5-10(15)6-13/h2-4,7,10,15H,5-6H2,1H3. The Morgan fingerprint density at radius 1 is 1.53 bits per heavy atom. The van der Waals surface area contributed by atoms with Crippen molar-refractivity contribution in [2.24, 2.45) is 0 Å². The Bertz CT molecular complexity index is 452. The minimum atomic E-state index is -0.526. The van der Waals surface area contributed by atoms with Crippen molar-refractivity contribution >= 4 is 17.9 Å². The molecule has 0 unspecified atom stereocenters. The summed E-state index contributed by atoms with van der Waals surface area (Å²) in [5.41, 5.74) is 1.38. The number of aliphatic hydroxyl groups excluding tert-OH is 1. The van der Waals surface area contributed by atoms with Gasteiger partial charge in [0.05, 0.1) is 18.8 Å². The number of esters is 1. The molecule has 0 atom stereocenters. The first kappa shape index (κ1) is 11.6. The normalized spacial score (nSPS) is 15.3. The van der Waals surface area contributed by atoms with Crippen molar-refractivity contribution in [3.63, 3.8) is 0 Å². The van der Waals surface area contributed by atoms with Crippen LogP contribution in [0.5, 0.6) is 0 Å². The van der Waals surface area contributed by atoms with Crippen LogP contribution in [-0.2, 0) is 4.74 Å². The van der Waals surface area contributed by atoms with Crippen LogP contribution in [0.25, 0.3) is 0 Å². The lowest BCUT2D eigenvalue weighted by Gasteiger charge is -2.38. The highest BCUT2D eigenvalue weighted by Crippen LogP contribution is 2.23. The molecular weight excluding hydrogens is 222 g/mol. The van der Waals surface area contributed by atoms with E-state index in [9.17, 15) is 14.7 Å². The molecular formula is C12H13NO4. The van der Waals surface area contributed by atoms with E-state index in [-0.39, 0.29) is 11.7 Å². The number of aliphatic hydroxyl groups is 1. The van der Waals surface area contributed by atoms with E-state index >= 15 is 0 Å². The minimum absolute atomic E-state index is 0.257. The SMILES string of the molecule is COC(=O)c1ccc(N2CC(O)C2)cc1C=O. The number of nitrogens with zero attached hydrogens (tertiary/aromatic N) is 1. The van der Waals surface area contributed by atoms with Gasteiger partial charge in [-0.15, -0.1) is 0 Å². The molecule has 1 fully saturated rings. The molecule has 0 aliphatic carbocycles. The number of methoxy groups -OCH3 is 1. The molecule has 1 aliphatic rings. The fraction of sp³-hybridized carbons (Fsp3) is 0.333. The summed E-state index contributed by atoms with van der Waals surface area (Å²) in [7, 11) is 1.27. The highest BCUT2D eigenvalue weighted by atomic mass is 16.5. The predicted octanol–water partition coefficient (Wildman–Crippen LogP) is 0.467. The van der Waals surface area contributed by atoms with Gasteiger partial charge in [-0.3, -0.25) is 4.79 Å². The number of anilines is 1. The number of rotatable bonds is 3. The Labute approximate surface area is 98.6 Å². The molecule has 90 valence electrons. The highest BCUT2D eigenvalue weighted by Gasteiger charge is 2.25. The molecule has 1 aromatic carbocycles. The summed E-state index contributed by atoms with van der Waals surface area (Å²) < 4.78 is 4.59. The molecule has 0 saturated carbocycles. The van der Waals surface area contributed by atoms with E-state index < -0.39 is 5.97 Å². The van der Waals surface area contributed by atoms with E-state index in [1.165, 1.54) is 7.11 Å². The third-order valence-corrected chi connectivity index (χ3v) is 2.79. The summed E-state index contributed by atoms with van der Waals surface area (Å²) in [5.74, 6) is -0.526. The number of β-amino-alcohol motifs (C(OH)–C–C–N with tert-alkyl or cyclic N) is 1. The highest BCUT2D eigenvalue weighted by molar-refractivity contribution is 5.99. The van der Waals surface area contributed by atoms with Crippen molar-refractivity contribution < 1.29 is 19.4 Å². The van der Waals surface area contributed by atoms with Crippen LogP contribution in [0.1, 0.15) is 20.7 Å². The van der Waals surface area contributed by atoms with Gasteiger partial charge in [0.2, 0.25) is 0 Å². The topological polar surface area (TPSA) is 66.8 Å². The number of hydrogen-bond donors (Lipinski definition) is 1. The zero-order valence-electron chi connectivity index (χ0n) is 9.42. The molecule has 1 saturated heterocycles. The van der Waals surface area contributed by atoms with Crippen LogP contribution in [-0.4, -0.2) is 43.7 Å². The van der Waals surface area contributed by atoms with E-state index in [2.05, 4.69) is 4.74 Å². The minimum Gasteiger partial charge on any atom is -0.465 e. The van der Waals surface area contributed by atoms with E-state index in [1.54, 1.807) is 18.2 Å². The quantitative estimate of drug-likeness (QED) is 0.609. The smallest absolute Gasteiger partial charge is 0.338 e. The van der Waals surface area contributed by atoms with Crippen molar-refractivity contribution in [3.05, 3.63) is 29.3 Å². The second-order valence-electron chi connectivity index (χ2n) is 3.94. The Hall–Kier alpha value is -1.88. The molecule has 0 spiro atoms. The van der Waals surface area contributed by atoms with Gasteiger partial charge in [0.25, 0.3) is 0 Å². The van der Waals surface area contributed by atoms with E-state index in [4.69, 9.17) is 0 Å². The van der Waals surface area contributed by atoms with Gasteiger partial charge < -0.3 is 14.7 Å². The maximum absolute atomic E-state index is 11.4. The number of aldehydes is 1. The molecule has 0 bridgehead atoms. The summed E-state index contributed by atoms with van der Waals surface area (Å²) in [6.45, 7) is 1.10. The van der Waals surface area contributed by atoms with Crippen LogP contribution < -0.4 is 4.90 Å². The molecule has 5 nitrogen and oxygen atoms in total. The van der Waals surface area contributed by atoms with Gasteiger partial charge in [0, 0.05) is 24.3 Å². The van der Waals surface area contributed by atoms with Gasteiger partial charge in [0.15, 0.2) is 6.29 Å². The van der Waals surface area contributed by atoms with Gasteiger partial charge >= 0.3 is 5.97 Å². The lowest BCUT2D eigenvalue weighted by molar-refractivity contribution is 0.0598. The molecule has 2 rings (SSSR count). The number of hydrogen-bond acceptors (Lipinski definition) is 5. The zero-order valence-corrected chi connectivity index (χ0v) is 9.42. The molecule has 0 amide bonds. The van der Waals surface area contributed by atoms with Gasteiger partial charge in [-0.2, -0.15) is 0 Å². The van der Waals surface area contributed by atoms with E-state index in [1.807, 2.05) is 4.90 Å². The first-order chi connectivity index (χ1) is 8.15. The Kier molecular flexibility index (Phi) is 3.10. The largest absolute Gasteiger partial charge is 0.465 e. The summed E-state index contributed by atoms with van der Waals surface area (Å²) >= 11 is 0.